The molecule has 0 spiro atoms. The summed E-state index contributed by atoms with van der Waals surface area (Å²) in [5.74, 6) is -0.422. The quantitative estimate of drug-likeness (QED) is 0.661. The highest BCUT2D eigenvalue weighted by Gasteiger charge is 2.27. The van der Waals surface area contributed by atoms with Crippen LogP contribution in [-0.4, -0.2) is 60.5 Å². The zero-order valence-electron chi connectivity index (χ0n) is 10.6. The molecule has 5 heteroatoms. The van der Waals surface area contributed by atoms with E-state index in [2.05, 4.69) is 23.8 Å². The molecule has 1 amide bonds. The summed E-state index contributed by atoms with van der Waals surface area (Å²) in [6.45, 7) is 7.89. The van der Waals surface area contributed by atoms with Crippen LogP contribution in [0.2, 0.25) is 0 Å². The number of hydrogen-bond donors (Lipinski definition) is 2. The Hall–Kier alpha value is -0.650. The highest BCUT2D eigenvalue weighted by atomic mass is 16.1. The van der Waals surface area contributed by atoms with E-state index in [1.54, 1.807) is 6.92 Å². The Balaban J connectivity index is 2.36. The molecule has 1 fully saturated rings. The Labute approximate surface area is 97.7 Å². The van der Waals surface area contributed by atoms with E-state index in [1.165, 1.54) is 0 Å². The Morgan fingerprint density at radius 1 is 1.50 bits per heavy atom. The van der Waals surface area contributed by atoms with Crippen LogP contribution in [0.4, 0.5) is 0 Å². The van der Waals surface area contributed by atoms with E-state index in [-0.39, 0.29) is 0 Å². The second-order valence-corrected chi connectivity index (χ2v) is 5.16. The third-order valence-corrected chi connectivity index (χ3v) is 3.55. The van der Waals surface area contributed by atoms with Crippen molar-refractivity contribution in [3.8, 4) is 0 Å². The zero-order valence-corrected chi connectivity index (χ0v) is 10.6. The summed E-state index contributed by atoms with van der Waals surface area (Å²) in [5, 5.41) is 0. The number of piperazine rings is 1. The smallest absolute Gasteiger partial charge is 0.237 e. The van der Waals surface area contributed by atoms with Gasteiger partial charge in [-0.25, -0.2) is 0 Å². The molecule has 0 saturated carbocycles. The summed E-state index contributed by atoms with van der Waals surface area (Å²) in [5.41, 5.74) is 10.2. The lowest BCUT2D eigenvalue weighted by atomic mass is 9.98. The molecule has 4 N–H and O–H groups in total. The fraction of sp³-hybridized carbons (Fsp3) is 0.909. The number of carbonyl (C=O) groups excluding carboxylic acids is 1. The van der Waals surface area contributed by atoms with Crippen LogP contribution in [0.25, 0.3) is 0 Å². The SMILES string of the molecule is CC1CN(CCC(C)(N)C(N)=O)CCN1C. The lowest BCUT2D eigenvalue weighted by Crippen LogP contribution is -2.54. The van der Waals surface area contributed by atoms with Crippen molar-refractivity contribution >= 4 is 5.91 Å². The Kier molecular flexibility index (Phi) is 4.29. The lowest BCUT2D eigenvalue weighted by Gasteiger charge is -2.38. The van der Waals surface area contributed by atoms with E-state index >= 15 is 0 Å². The van der Waals surface area contributed by atoms with Gasteiger partial charge in [-0.1, -0.05) is 0 Å². The molecule has 2 atom stereocenters. The van der Waals surface area contributed by atoms with Crippen LogP contribution in [0.5, 0.6) is 0 Å². The number of hydrogen-bond acceptors (Lipinski definition) is 4. The Morgan fingerprint density at radius 3 is 2.62 bits per heavy atom. The molecular weight excluding hydrogens is 204 g/mol. The van der Waals surface area contributed by atoms with Crippen LogP contribution in [0.15, 0.2) is 0 Å². The van der Waals surface area contributed by atoms with E-state index < -0.39 is 11.4 Å². The summed E-state index contributed by atoms with van der Waals surface area (Å²) in [6, 6.07) is 0.561. The molecule has 1 aliphatic heterocycles. The highest BCUT2D eigenvalue weighted by molar-refractivity contribution is 5.83. The Bertz CT molecular complexity index is 254. The highest BCUT2D eigenvalue weighted by Crippen LogP contribution is 2.11. The van der Waals surface area contributed by atoms with Gasteiger partial charge < -0.3 is 21.3 Å². The molecule has 1 saturated heterocycles. The van der Waals surface area contributed by atoms with Gasteiger partial charge in [-0.2, -0.15) is 0 Å². The number of nitrogens with zero attached hydrogens (tertiary/aromatic N) is 2. The van der Waals surface area contributed by atoms with E-state index in [0.29, 0.717) is 12.5 Å². The summed E-state index contributed by atoms with van der Waals surface area (Å²) < 4.78 is 0. The average molecular weight is 228 g/mol. The number of amides is 1. The summed E-state index contributed by atoms with van der Waals surface area (Å²) in [7, 11) is 2.14. The van der Waals surface area contributed by atoms with Crippen molar-refractivity contribution in [2.24, 2.45) is 11.5 Å². The molecule has 16 heavy (non-hydrogen) atoms. The number of rotatable bonds is 4. The van der Waals surface area contributed by atoms with Gasteiger partial charge in [0.1, 0.15) is 0 Å². The van der Waals surface area contributed by atoms with Gasteiger partial charge in [0.15, 0.2) is 0 Å². The van der Waals surface area contributed by atoms with Crippen LogP contribution >= 0.6 is 0 Å². The monoisotopic (exact) mass is 228 g/mol. The molecule has 1 rings (SSSR count). The predicted molar refractivity (Wildman–Crippen MR) is 64.9 cm³/mol. The third kappa shape index (κ3) is 3.43. The second-order valence-electron chi connectivity index (χ2n) is 5.16. The van der Waals surface area contributed by atoms with Crippen molar-refractivity contribution in [1.29, 1.82) is 0 Å². The van der Waals surface area contributed by atoms with E-state index in [0.717, 1.165) is 26.2 Å². The predicted octanol–water partition coefficient (Wildman–Crippen LogP) is -0.785. The van der Waals surface area contributed by atoms with Gasteiger partial charge in [0.2, 0.25) is 5.91 Å². The summed E-state index contributed by atoms with van der Waals surface area (Å²) in [4.78, 5) is 15.8. The fourth-order valence-electron chi connectivity index (χ4n) is 1.84. The first kappa shape index (κ1) is 13.4. The number of primary amides is 1. The zero-order chi connectivity index (χ0) is 12.3. The van der Waals surface area contributed by atoms with Crippen molar-refractivity contribution in [3.05, 3.63) is 0 Å². The maximum absolute atomic E-state index is 11.1. The molecule has 0 aromatic rings. The first-order valence-corrected chi connectivity index (χ1v) is 5.84. The van der Waals surface area contributed by atoms with Crippen molar-refractivity contribution in [3.63, 3.8) is 0 Å². The molecule has 0 aromatic carbocycles. The van der Waals surface area contributed by atoms with Crippen molar-refractivity contribution < 1.29 is 4.79 Å². The minimum Gasteiger partial charge on any atom is -0.368 e. The summed E-state index contributed by atoms with van der Waals surface area (Å²) in [6.07, 6.45) is 0.624. The standard InChI is InChI=1S/C11H24N4O/c1-9-8-15(7-6-14(9)3)5-4-11(2,13)10(12)16/h9H,4-8,13H2,1-3H3,(H2,12,16). The van der Waals surface area contributed by atoms with Crippen molar-refractivity contribution in [2.45, 2.75) is 31.8 Å². The van der Waals surface area contributed by atoms with Gasteiger partial charge in [-0.05, 0) is 27.3 Å². The molecule has 0 radical (unpaired) electrons. The number of carbonyl (C=O) groups is 1. The van der Waals surface area contributed by atoms with Gasteiger partial charge in [-0.3, -0.25) is 4.79 Å². The maximum Gasteiger partial charge on any atom is 0.237 e. The number of likely N-dealkylation sites (N-methyl/N-ethyl adjacent to an activating group) is 1. The minimum atomic E-state index is -0.882. The van der Waals surface area contributed by atoms with Crippen molar-refractivity contribution in [1.82, 2.24) is 9.80 Å². The van der Waals surface area contributed by atoms with Crippen molar-refractivity contribution in [2.75, 3.05) is 33.2 Å². The van der Waals surface area contributed by atoms with Crippen LogP contribution in [0.1, 0.15) is 20.3 Å². The summed E-state index contributed by atoms with van der Waals surface area (Å²) >= 11 is 0. The van der Waals surface area contributed by atoms with E-state index in [4.69, 9.17) is 11.5 Å². The Morgan fingerprint density at radius 2 is 2.12 bits per heavy atom. The van der Waals surface area contributed by atoms with Gasteiger partial charge in [0, 0.05) is 32.2 Å². The third-order valence-electron chi connectivity index (χ3n) is 3.55. The van der Waals surface area contributed by atoms with Gasteiger partial charge in [0.05, 0.1) is 5.54 Å². The van der Waals surface area contributed by atoms with Crippen LogP contribution < -0.4 is 11.5 Å². The van der Waals surface area contributed by atoms with E-state index in [9.17, 15) is 4.79 Å². The van der Waals surface area contributed by atoms with Gasteiger partial charge in [0.25, 0.3) is 0 Å². The van der Waals surface area contributed by atoms with Crippen LogP contribution in [-0.2, 0) is 4.79 Å². The first-order chi connectivity index (χ1) is 7.33. The molecule has 0 bridgehead atoms. The van der Waals surface area contributed by atoms with Gasteiger partial charge >= 0.3 is 0 Å². The lowest BCUT2D eigenvalue weighted by molar-refractivity contribution is -0.122. The molecular formula is C11H24N4O. The van der Waals surface area contributed by atoms with E-state index in [1.807, 2.05) is 0 Å². The molecule has 1 aliphatic rings. The van der Waals surface area contributed by atoms with Crippen LogP contribution in [0, 0.1) is 0 Å². The van der Waals surface area contributed by atoms with Crippen LogP contribution in [0.3, 0.4) is 0 Å². The maximum atomic E-state index is 11.1. The topological polar surface area (TPSA) is 75.6 Å². The fourth-order valence-corrected chi connectivity index (χ4v) is 1.84. The molecule has 0 aromatic heterocycles. The minimum absolute atomic E-state index is 0.422. The average Bonchev–Trinajstić information content (AvgIpc) is 2.20. The molecule has 5 nitrogen and oxygen atoms in total. The molecule has 1 heterocycles. The number of nitrogens with two attached hydrogens (primary N) is 2. The normalized spacial score (nSPS) is 27.6. The second kappa shape index (κ2) is 5.12. The molecule has 0 aliphatic carbocycles. The largest absolute Gasteiger partial charge is 0.368 e. The molecule has 94 valence electrons. The first-order valence-electron chi connectivity index (χ1n) is 5.84. The molecule has 2 unspecified atom stereocenters. The van der Waals surface area contributed by atoms with Gasteiger partial charge in [-0.15, -0.1) is 0 Å².